The van der Waals surface area contributed by atoms with Crippen LogP contribution in [0.5, 0.6) is 0 Å². The quantitative estimate of drug-likeness (QED) is 0.712. The number of benzene rings is 2. The molecular weight excluding hydrogens is 374 g/mol. The molecule has 1 unspecified atom stereocenters. The first-order valence-corrected chi connectivity index (χ1v) is 9.53. The van der Waals surface area contributed by atoms with Crippen LogP contribution in [-0.2, 0) is 9.59 Å². The number of hydrogen-bond donors (Lipinski definition) is 1. The molecule has 0 bridgehead atoms. The average Bonchev–Trinajstić information content (AvgIpc) is 3.03. The Morgan fingerprint density at radius 3 is 2.79 bits per heavy atom. The minimum Gasteiger partial charge on any atom is -0.324 e. The van der Waals surface area contributed by atoms with Crippen molar-refractivity contribution in [3.05, 3.63) is 64.8 Å². The maximum Gasteiger partial charge on any atom is 0.229 e. The van der Waals surface area contributed by atoms with Gasteiger partial charge in [0.1, 0.15) is 0 Å². The van der Waals surface area contributed by atoms with Crippen molar-refractivity contribution in [2.75, 3.05) is 16.8 Å². The van der Waals surface area contributed by atoms with Crippen LogP contribution in [0, 0.1) is 19.8 Å². The van der Waals surface area contributed by atoms with Crippen LogP contribution in [0.3, 0.4) is 0 Å². The fourth-order valence-electron chi connectivity index (χ4n) is 3.79. The van der Waals surface area contributed by atoms with E-state index >= 15 is 0 Å². The topological polar surface area (TPSA) is 62.3 Å². The highest BCUT2D eigenvalue weighted by Gasteiger charge is 2.36. The number of nitrogens with one attached hydrogen (secondary N) is 1. The van der Waals surface area contributed by atoms with E-state index in [1.54, 1.807) is 11.1 Å². The van der Waals surface area contributed by atoms with E-state index in [2.05, 4.69) is 10.3 Å². The van der Waals surface area contributed by atoms with Crippen LogP contribution >= 0.6 is 11.6 Å². The summed E-state index contributed by atoms with van der Waals surface area (Å²) in [6.07, 6.45) is 1.86. The summed E-state index contributed by atoms with van der Waals surface area (Å²) in [6, 6.07) is 13.3. The number of carbonyl (C=O) groups excluding carboxylic acids is 2. The van der Waals surface area contributed by atoms with Crippen molar-refractivity contribution in [1.82, 2.24) is 4.98 Å². The molecule has 0 radical (unpaired) electrons. The van der Waals surface area contributed by atoms with Gasteiger partial charge in [-0.25, -0.2) is 0 Å². The third-order valence-electron chi connectivity index (χ3n) is 5.05. The number of fused-ring (bicyclic) bond motifs is 1. The monoisotopic (exact) mass is 393 g/mol. The Balaban J connectivity index is 1.56. The molecule has 1 atom stereocenters. The molecule has 2 amide bonds. The first-order chi connectivity index (χ1) is 13.4. The van der Waals surface area contributed by atoms with Crippen molar-refractivity contribution in [1.29, 1.82) is 0 Å². The molecule has 4 rings (SSSR count). The number of aromatic nitrogens is 1. The number of carbonyl (C=O) groups is 2. The molecule has 2 aromatic carbocycles. The molecule has 1 fully saturated rings. The fourth-order valence-corrected chi connectivity index (χ4v) is 4.21. The third kappa shape index (κ3) is 3.34. The van der Waals surface area contributed by atoms with Gasteiger partial charge in [-0.1, -0.05) is 35.9 Å². The lowest BCUT2D eigenvalue weighted by Gasteiger charge is -2.21. The number of aryl methyl sites for hydroxylation is 2. The number of rotatable bonds is 3. The van der Waals surface area contributed by atoms with Gasteiger partial charge in [0.2, 0.25) is 11.8 Å². The molecule has 1 N–H and O–H groups in total. The van der Waals surface area contributed by atoms with Crippen molar-refractivity contribution in [3.8, 4) is 0 Å². The lowest BCUT2D eigenvalue weighted by atomic mass is 10.1. The van der Waals surface area contributed by atoms with E-state index < -0.39 is 5.92 Å². The molecule has 1 aliphatic heterocycles. The maximum absolute atomic E-state index is 12.9. The van der Waals surface area contributed by atoms with Crippen molar-refractivity contribution in [3.63, 3.8) is 0 Å². The van der Waals surface area contributed by atoms with Gasteiger partial charge in [-0.05, 0) is 43.2 Å². The van der Waals surface area contributed by atoms with Crippen LogP contribution in [0.15, 0.2) is 48.7 Å². The molecule has 1 saturated heterocycles. The van der Waals surface area contributed by atoms with E-state index in [1.165, 1.54) is 0 Å². The molecule has 0 spiro atoms. The highest BCUT2D eigenvalue weighted by Crippen LogP contribution is 2.35. The molecule has 0 saturated carbocycles. The van der Waals surface area contributed by atoms with Crippen molar-refractivity contribution in [2.24, 2.45) is 5.92 Å². The lowest BCUT2D eigenvalue weighted by Crippen LogP contribution is -2.29. The van der Waals surface area contributed by atoms with Crippen molar-refractivity contribution < 1.29 is 9.59 Å². The van der Waals surface area contributed by atoms with Gasteiger partial charge in [-0.3, -0.25) is 14.6 Å². The van der Waals surface area contributed by atoms with Gasteiger partial charge in [0, 0.05) is 24.5 Å². The summed E-state index contributed by atoms with van der Waals surface area (Å²) in [5.41, 5.74) is 4.04. The van der Waals surface area contributed by atoms with Gasteiger partial charge in [0.05, 0.1) is 27.8 Å². The Morgan fingerprint density at radius 2 is 2.00 bits per heavy atom. The first kappa shape index (κ1) is 18.4. The van der Waals surface area contributed by atoms with Gasteiger partial charge in [-0.15, -0.1) is 0 Å². The molecule has 6 heteroatoms. The summed E-state index contributed by atoms with van der Waals surface area (Å²) < 4.78 is 0. The van der Waals surface area contributed by atoms with E-state index in [1.807, 2.05) is 56.3 Å². The highest BCUT2D eigenvalue weighted by molar-refractivity contribution is 6.34. The van der Waals surface area contributed by atoms with Gasteiger partial charge in [0.25, 0.3) is 0 Å². The van der Waals surface area contributed by atoms with Crippen LogP contribution in [0.4, 0.5) is 11.4 Å². The number of nitrogens with zero attached hydrogens (tertiary/aromatic N) is 2. The van der Waals surface area contributed by atoms with Gasteiger partial charge in [0.15, 0.2) is 0 Å². The minimum atomic E-state index is -0.441. The van der Waals surface area contributed by atoms with Crippen LogP contribution in [0.2, 0.25) is 5.02 Å². The van der Waals surface area contributed by atoms with Gasteiger partial charge >= 0.3 is 0 Å². The van der Waals surface area contributed by atoms with Crippen molar-refractivity contribution >= 4 is 45.7 Å². The maximum atomic E-state index is 12.9. The lowest BCUT2D eigenvalue weighted by molar-refractivity contribution is -0.122. The largest absolute Gasteiger partial charge is 0.324 e. The Bertz CT molecular complexity index is 1070. The molecule has 2 heterocycles. The number of hydrogen-bond acceptors (Lipinski definition) is 3. The third-order valence-corrected chi connectivity index (χ3v) is 5.34. The molecule has 28 heavy (non-hydrogen) atoms. The first-order valence-electron chi connectivity index (χ1n) is 9.16. The Kier molecular flexibility index (Phi) is 4.77. The Labute approximate surface area is 168 Å². The molecule has 0 aliphatic carbocycles. The Morgan fingerprint density at radius 1 is 1.21 bits per heavy atom. The molecular formula is C22H20ClN3O2. The summed E-state index contributed by atoms with van der Waals surface area (Å²) in [6.45, 7) is 4.20. The van der Waals surface area contributed by atoms with E-state index in [-0.39, 0.29) is 18.2 Å². The summed E-state index contributed by atoms with van der Waals surface area (Å²) in [5, 5.41) is 4.43. The summed E-state index contributed by atoms with van der Waals surface area (Å²) in [4.78, 5) is 31.5. The number of amides is 2. The average molecular weight is 394 g/mol. The van der Waals surface area contributed by atoms with Crippen LogP contribution in [0.25, 0.3) is 10.9 Å². The predicted molar refractivity (Wildman–Crippen MR) is 112 cm³/mol. The SMILES string of the molecule is Cc1cc(C)c(N2CC(C(=O)Nc3cccc4cccnc34)CC2=O)c(Cl)c1. The van der Waals surface area contributed by atoms with E-state index in [0.29, 0.717) is 22.9 Å². The zero-order valence-corrected chi connectivity index (χ0v) is 16.5. The van der Waals surface area contributed by atoms with E-state index in [9.17, 15) is 9.59 Å². The van der Waals surface area contributed by atoms with Gasteiger partial charge < -0.3 is 10.2 Å². The van der Waals surface area contributed by atoms with Crippen LogP contribution in [-0.4, -0.2) is 23.3 Å². The minimum absolute atomic E-state index is 0.0925. The number of halogens is 1. The van der Waals surface area contributed by atoms with Crippen LogP contribution < -0.4 is 10.2 Å². The zero-order chi connectivity index (χ0) is 19.8. The van der Waals surface area contributed by atoms with Crippen molar-refractivity contribution in [2.45, 2.75) is 20.3 Å². The second kappa shape index (κ2) is 7.24. The smallest absolute Gasteiger partial charge is 0.229 e. The number of pyridine rings is 1. The summed E-state index contributed by atoms with van der Waals surface area (Å²) in [5.74, 6) is -0.719. The zero-order valence-electron chi connectivity index (χ0n) is 15.7. The molecule has 1 aromatic heterocycles. The second-order valence-corrected chi connectivity index (χ2v) is 7.59. The normalized spacial score (nSPS) is 16.6. The predicted octanol–water partition coefficient (Wildman–Crippen LogP) is 4.50. The molecule has 1 aliphatic rings. The number of anilines is 2. The van der Waals surface area contributed by atoms with E-state index in [4.69, 9.17) is 11.6 Å². The van der Waals surface area contributed by atoms with Gasteiger partial charge in [-0.2, -0.15) is 0 Å². The molecule has 5 nitrogen and oxygen atoms in total. The summed E-state index contributed by atoms with van der Waals surface area (Å²) in [7, 11) is 0. The number of para-hydroxylation sites is 1. The van der Waals surface area contributed by atoms with Crippen LogP contribution in [0.1, 0.15) is 17.5 Å². The summed E-state index contributed by atoms with van der Waals surface area (Å²) >= 11 is 6.40. The standard InChI is InChI=1S/C22H20ClN3O2/c1-13-9-14(2)21(17(23)10-13)26-12-16(11-19(26)27)22(28)25-18-7-3-5-15-6-4-8-24-20(15)18/h3-10,16H,11-12H2,1-2H3,(H,25,28). The highest BCUT2D eigenvalue weighted by atomic mass is 35.5. The Hall–Kier alpha value is -2.92. The van der Waals surface area contributed by atoms with E-state index in [0.717, 1.165) is 22.0 Å². The molecule has 3 aromatic rings. The fraction of sp³-hybridized carbons (Fsp3) is 0.227. The second-order valence-electron chi connectivity index (χ2n) is 7.19. The molecule has 142 valence electrons.